The van der Waals surface area contributed by atoms with Gasteiger partial charge in [-0.25, -0.2) is 0 Å². The van der Waals surface area contributed by atoms with Gasteiger partial charge in [0.15, 0.2) is 5.78 Å². The molecular weight excluding hydrogens is 282 g/mol. The second-order valence-electron chi connectivity index (χ2n) is 4.85. The molecule has 2 aromatic rings. The Kier molecular flexibility index (Phi) is 3.36. The molecule has 0 spiro atoms. The van der Waals surface area contributed by atoms with Crippen molar-refractivity contribution < 1.29 is 19.1 Å². The molecule has 22 heavy (non-hydrogen) atoms. The number of fused-ring (bicyclic) bond motifs is 2. The molecule has 0 amide bonds. The molecule has 0 N–H and O–H groups in total. The highest BCUT2D eigenvalue weighted by atomic mass is 16.5. The van der Waals surface area contributed by atoms with Gasteiger partial charge in [0.1, 0.15) is 18.1 Å². The molecule has 5 nitrogen and oxygen atoms in total. The van der Waals surface area contributed by atoms with E-state index in [0.29, 0.717) is 33.8 Å². The van der Waals surface area contributed by atoms with E-state index in [4.69, 9.17) is 14.7 Å². The number of rotatable bonds is 1. The average molecular weight is 293 g/mol. The van der Waals surface area contributed by atoms with Crippen LogP contribution in [-0.4, -0.2) is 11.8 Å². The van der Waals surface area contributed by atoms with E-state index in [-0.39, 0.29) is 12.4 Å². The van der Waals surface area contributed by atoms with Crippen molar-refractivity contribution in [1.29, 1.82) is 5.26 Å². The monoisotopic (exact) mass is 293 g/mol. The van der Waals surface area contributed by atoms with Crippen LogP contribution in [0.25, 0.3) is 0 Å². The Morgan fingerprint density at radius 1 is 1.23 bits per heavy atom. The highest BCUT2D eigenvalue weighted by Gasteiger charge is 2.23. The number of esters is 1. The molecule has 1 aliphatic rings. The highest BCUT2D eigenvalue weighted by Crippen LogP contribution is 2.31. The summed E-state index contributed by atoms with van der Waals surface area (Å²) < 4.78 is 10.6. The zero-order valence-electron chi connectivity index (χ0n) is 11.8. The van der Waals surface area contributed by atoms with Crippen LogP contribution in [0.4, 0.5) is 0 Å². The van der Waals surface area contributed by atoms with Gasteiger partial charge in [0.2, 0.25) is 0 Å². The number of ether oxygens (including phenoxy) is 2. The highest BCUT2D eigenvalue weighted by molar-refractivity contribution is 6.12. The molecule has 0 aliphatic carbocycles. The van der Waals surface area contributed by atoms with Gasteiger partial charge in [0.05, 0.1) is 17.2 Å². The van der Waals surface area contributed by atoms with Gasteiger partial charge in [-0.1, -0.05) is 0 Å². The molecule has 0 unspecified atom stereocenters. The quantitative estimate of drug-likeness (QED) is 0.596. The maximum absolute atomic E-state index is 12.7. The minimum atomic E-state index is -0.457. The van der Waals surface area contributed by atoms with E-state index >= 15 is 0 Å². The summed E-state index contributed by atoms with van der Waals surface area (Å²) in [5, 5.41) is 8.95. The van der Waals surface area contributed by atoms with Crippen molar-refractivity contribution in [3.63, 3.8) is 0 Å². The number of carbonyl (C=O) groups is 2. The van der Waals surface area contributed by atoms with Crippen molar-refractivity contribution in [3.8, 4) is 17.6 Å². The zero-order valence-corrected chi connectivity index (χ0v) is 11.8. The van der Waals surface area contributed by atoms with Crippen LogP contribution in [0.15, 0.2) is 36.4 Å². The SMILES string of the molecule is CC(=O)Oc1ccc2c(c1)C(=O)c1ccc(C#N)cc1CO2. The maximum Gasteiger partial charge on any atom is 0.308 e. The molecule has 5 heteroatoms. The molecule has 0 atom stereocenters. The van der Waals surface area contributed by atoms with Gasteiger partial charge in [-0.05, 0) is 36.4 Å². The second kappa shape index (κ2) is 5.34. The summed E-state index contributed by atoms with van der Waals surface area (Å²) in [6.07, 6.45) is 0. The summed E-state index contributed by atoms with van der Waals surface area (Å²) in [5.41, 5.74) is 1.95. The van der Waals surface area contributed by atoms with E-state index in [1.54, 1.807) is 30.3 Å². The fourth-order valence-corrected chi connectivity index (χ4v) is 2.35. The van der Waals surface area contributed by atoms with E-state index in [1.807, 2.05) is 6.07 Å². The van der Waals surface area contributed by atoms with Crippen molar-refractivity contribution in [2.45, 2.75) is 13.5 Å². The number of benzene rings is 2. The van der Waals surface area contributed by atoms with Gasteiger partial charge in [-0.2, -0.15) is 5.26 Å². The molecule has 0 fully saturated rings. The first-order valence-electron chi connectivity index (χ1n) is 6.61. The molecule has 0 radical (unpaired) electrons. The third kappa shape index (κ3) is 2.42. The molecule has 0 saturated heterocycles. The Hall–Kier alpha value is -3.13. The Morgan fingerprint density at radius 3 is 2.77 bits per heavy atom. The normalized spacial score (nSPS) is 12.3. The summed E-state index contributed by atoms with van der Waals surface area (Å²) in [6.45, 7) is 1.50. The van der Waals surface area contributed by atoms with Crippen LogP contribution < -0.4 is 9.47 Å². The van der Waals surface area contributed by atoms with Crippen LogP contribution in [-0.2, 0) is 11.4 Å². The summed E-state index contributed by atoms with van der Waals surface area (Å²) in [5.74, 6) is 0.0397. The first-order valence-corrected chi connectivity index (χ1v) is 6.61. The second-order valence-corrected chi connectivity index (χ2v) is 4.85. The predicted octanol–water partition coefficient (Wildman–Crippen LogP) is 2.61. The van der Waals surface area contributed by atoms with E-state index in [0.717, 1.165) is 0 Å². The molecule has 0 saturated carbocycles. The van der Waals surface area contributed by atoms with Crippen LogP contribution in [0.1, 0.15) is 34.0 Å². The molecule has 3 rings (SSSR count). The third-order valence-corrected chi connectivity index (χ3v) is 3.32. The van der Waals surface area contributed by atoms with Gasteiger partial charge in [-0.15, -0.1) is 0 Å². The largest absolute Gasteiger partial charge is 0.488 e. The van der Waals surface area contributed by atoms with Crippen molar-refractivity contribution >= 4 is 11.8 Å². The van der Waals surface area contributed by atoms with Gasteiger partial charge in [0.25, 0.3) is 0 Å². The van der Waals surface area contributed by atoms with Crippen molar-refractivity contribution in [3.05, 3.63) is 58.7 Å². The lowest BCUT2D eigenvalue weighted by atomic mass is 9.97. The summed E-state index contributed by atoms with van der Waals surface area (Å²) in [7, 11) is 0. The van der Waals surface area contributed by atoms with Gasteiger partial charge in [-0.3, -0.25) is 9.59 Å². The number of carbonyl (C=O) groups excluding carboxylic acids is 2. The van der Waals surface area contributed by atoms with Crippen molar-refractivity contribution in [1.82, 2.24) is 0 Å². The number of nitriles is 1. The summed E-state index contributed by atoms with van der Waals surface area (Å²) in [4.78, 5) is 23.7. The van der Waals surface area contributed by atoms with Crippen LogP contribution in [0.2, 0.25) is 0 Å². The first-order chi connectivity index (χ1) is 10.6. The number of ketones is 1. The number of hydrogen-bond donors (Lipinski definition) is 0. The van der Waals surface area contributed by atoms with Crippen LogP contribution >= 0.6 is 0 Å². The first kappa shape index (κ1) is 13.8. The lowest BCUT2D eigenvalue weighted by molar-refractivity contribution is -0.131. The third-order valence-electron chi connectivity index (χ3n) is 3.32. The number of hydrogen-bond acceptors (Lipinski definition) is 5. The lowest BCUT2D eigenvalue weighted by Gasteiger charge is -2.08. The fraction of sp³-hybridized carbons (Fsp3) is 0.118. The van der Waals surface area contributed by atoms with E-state index in [2.05, 4.69) is 0 Å². The predicted molar refractivity (Wildman–Crippen MR) is 76.7 cm³/mol. The average Bonchev–Trinajstić information content (AvgIpc) is 2.64. The molecule has 1 heterocycles. The van der Waals surface area contributed by atoms with Crippen molar-refractivity contribution in [2.24, 2.45) is 0 Å². The van der Waals surface area contributed by atoms with Crippen LogP contribution in [0.3, 0.4) is 0 Å². The molecule has 108 valence electrons. The van der Waals surface area contributed by atoms with Gasteiger partial charge in [0, 0.05) is 18.1 Å². The zero-order chi connectivity index (χ0) is 15.7. The van der Waals surface area contributed by atoms with Gasteiger partial charge >= 0.3 is 5.97 Å². The molecule has 1 aliphatic heterocycles. The molecular formula is C17H11NO4. The Labute approximate surface area is 126 Å². The Balaban J connectivity index is 2.08. The standard InChI is InChI=1S/C17H11NO4/c1-10(19)22-13-3-5-16-15(7-13)17(20)14-4-2-11(8-18)6-12(14)9-21-16/h2-7H,9H2,1H3. The number of nitrogens with zero attached hydrogens (tertiary/aromatic N) is 1. The lowest BCUT2D eigenvalue weighted by Crippen LogP contribution is -2.05. The van der Waals surface area contributed by atoms with E-state index < -0.39 is 5.97 Å². The summed E-state index contributed by atoms with van der Waals surface area (Å²) >= 11 is 0. The molecule has 0 aromatic heterocycles. The minimum Gasteiger partial charge on any atom is -0.488 e. The fourth-order valence-electron chi connectivity index (χ4n) is 2.35. The van der Waals surface area contributed by atoms with Gasteiger partial charge < -0.3 is 9.47 Å². The molecule has 0 bridgehead atoms. The Bertz CT molecular complexity index is 833. The smallest absolute Gasteiger partial charge is 0.308 e. The molecule has 2 aromatic carbocycles. The van der Waals surface area contributed by atoms with Crippen LogP contribution in [0, 0.1) is 11.3 Å². The van der Waals surface area contributed by atoms with Crippen LogP contribution in [0.5, 0.6) is 11.5 Å². The van der Waals surface area contributed by atoms with E-state index in [1.165, 1.54) is 13.0 Å². The maximum atomic E-state index is 12.7. The Morgan fingerprint density at radius 2 is 2.05 bits per heavy atom. The topological polar surface area (TPSA) is 76.4 Å². The minimum absolute atomic E-state index is 0.205. The van der Waals surface area contributed by atoms with Crippen molar-refractivity contribution in [2.75, 3.05) is 0 Å². The summed E-state index contributed by atoms with van der Waals surface area (Å²) in [6, 6.07) is 11.6. The van der Waals surface area contributed by atoms with E-state index in [9.17, 15) is 9.59 Å².